The van der Waals surface area contributed by atoms with Crippen LogP contribution in [0.25, 0.3) is 0 Å². The highest BCUT2D eigenvalue weighted by molar-refractivity contribution is 6.99. The molecule has 3 fully saturated rings. The van der Waals surface area contributed by atoms with Gasteiger partial charge in [0.05, 0.1) is 42.7 Å². The van der Waals surface area contributed by atoms with Gasteiger partial charge in [-0.1, -0.05) is 0 Å². The number of aryl methyl sites for hydroxylation is 1. The van der Waals surface area contributed by atoms with E-state index in [-0.39, 0.29) is 17.8 Å². The molecule has 2 saturated heterocycles. The molecule has 0 bridgehead atoms. The van der Waals surface area contributed by atoms with Gasteiger partial charge in [0, 0.05) is 32.2 Å². The second kappa shape index (κ2) is 8.65. The van der Waals surface area contributed by atoms with Gasteiger partial charge in [-0.15, -0.1) is 0 Å². The Morgan fingerprint density at radius 1 is 1.24 bits per heavy atom. The molecule has 2 aliphatic heterocycles. The lowest BCUT2D eigenvalue weighted by Gasteiger charge is -2.52. The second-order valence-electron chi connectivity index (χ2n) is 8.36. The molecular formula is C20H30N4O4S. The highest BCUT2D eigenvalue weighted by Gasteiger charge is 2.54. The van der Waals surface area contributed by atoms with Crippen molar-refractivity contribution in [2.24, 2.45) is 11.3 Å². The van der Waals surface area contributed by atoms with E-state index < -0.39 is 5.41 Å². The van der Waals surface area contributed by atoms with E-state index in [4.69, 9.17) is 9.47 Å². The van der Waals surface area contributed by atoms with Crippen molar-refractivity contribution in [3.63, 3.8) is 0 Å². The second-order valence-corrected chi connectivity index (χ2v) is 8.89. The first-order valence-corrected chi connectivity index (χ1v) is 11.4. The summed E-state index contributed by atoms with van der Waals surface area (Å²) in [6.07, 6.45) is 3.52. The summed E-state index contributed by atoms with van der Waals surface area (Å²) in [6.45, 7) is 8.58. The van der Waals surface area contributed by atoms with Crippen molar-refractivity contribution in [2.75, 3.05) is 46.0 Å². The Kier molecular flexibility index (Phi) is 6.17. The highest BCUT2D eigenvalue weighted by atomic mass is 32.1. The molecule has 0 unspecified atom stereocenters. The molecule has 9 heteroatoms. The van der Waals surface area contributed by atoms with Gasteiger partial charge in [-0.2, -0.15) is 8.75 Å². The van der Waals surface area contributed by atoms with Crippen LogP contribution in [0.1, 0.15) is 48.8 Å². The molecule has 1 aromatic rings. The van der Waals surface area contributed by atoms with E-state index in [1.807, 2.05) is 6.92 Å². The summed E-state index contributed by atoms with van der Waals surface area (Å²) in [4.78, 5) is 30.5. The molecule has 3 heterocycles. The zero-order chi connectivity index (χ0) is 20.4. The molecule has 4 rings (SSSR count). The number of amides is 1. The number of piperidine rings is 1. The van der Waals surface area contributed by atoms with Crippen molar-refractivity contribution in [1.82, 2.24) is 18.5 Å². The summed E-state index contributed by atoms with van der Waals surface area (Å²) in [7, 11) is 0. The molecule has 0 N–H and O–H groups in total. The van der Waals surface area contributed by atoms with Gasteiger partial charge >= 0.3 is 5.97 Å². The van der Waals surface area contributed by atoms with Gasteiger partial charge in [0.25, 0.3) is 5.91 Å². The molecule has 0 aromatic carbocycles. The zero-order valence-corrected chi connectivity index (χ0v) is 18.1. The van der Waals surface area contributed by atoms with Gasteiger partial charge in [-0.3, -0.25) is 14.5 Å². The van der Waals surface area contributed by atoms with E-state index in [9.17, 15) is 9.59 Å². The van der Waals surface area contributed by atoms with Crippen LogP contribution in [-0.4, -0.2) is 82.5 Å². The van der Waals surface area contributed by atoms with Gasteiger partial charge in [-0.05, 0) is 45.4 Å². The number of hydrogen-bond acceptors (Lipinski definition) is 8. The first-order valence-electron chi connectivity index (χ1n) is 10.6. The van der Waals surface area contributed by atoms with Crippen molar-refractivity contribution < 1.29 is 19.1 Å². The first-order chi connectivity index (χ1) is 14.0. The van der Waals surface area contributed by atoms with E-state index >= 15 is 0 Å². The topological polar surface area (TPSA) is 84.9 Å². The number of ether oxygens (including phenoxy) is 2. The third-order valence-electron chi connectivity index (χ3n) is 6.87. The summed E-state index contributed by atoms with van der Waals surface area (Å²) < 4.78 is 19.3. The monoisotopic (exact) mass is 422 g/mol. The van der Waals surface area contributed by atoms with Gasteiger partial charge in [0.1, 0.15) is 0 Å². The number of morpholine rings is 1. The Balaban J connectivity index is 1.53. The Hall–Kier alpha value is -1.58. The van der Waals surface area contributed by atoms with Crippen LogP contribution in [0.4, 0.5) is 0 Å². The van der Waals surface area contributed by atoms with Crippen molar-refractivity contribution in [3.8, 4) is 0 Å². The quantitative estimate of drug-likeness (QED) is 0.683. The fourth-order valence-corrected chi connectivity index (χ4v) is 5.81. The number of nitrogens with zero attached hydrogens (tertiary/aromatic N) is 4. The summed E-state index contributed by atoms with van der Waals surface area (Å²) in [5.41, 5.74) is 0.460. The van der Waals surface area contributed by atoms with E-state index in [1.165, 1.54) is 0 Å². The van der Waals surface area contributed by atoms with Crippen LogP contribution >= 0.6 is 11.7 Å². The fourth-order valence-electron chi connectivity index (χ4n) is 5.26. The highest BCUT2D eigenvalue weighted by Crippen LogP contribution is 2.48. The summed E-state index contributed by atoms with van der Waals surface area (Å²) in [6, 6.07) is 0.485. The van der Waals surface area contributed by atoms with Gasteiger partial charge in [-0.25, -0.2) is 0 Å². The third kappa shape index (κ3) is 3.92. The number of carbonyl (C=O) groups excluding carboxylic acids is 2. The standard InChI is InChI=1S/C20H30N4O4S/c1-3-28-19(26)20-6-4-16(23-8-10-27-11-9-23)12-15(20)5-7-24(13-20)18(25)17-14(2)21-29-22-17/h15-16H,3-13H2,1-2H3/t15-,16+,20-/m1/s1. The number of likely N-dealkylation sites (tertiary alicyclic amines) is 1. The Labute approximate surface area is 175 Å². The lowest BCUT2D eigenvalue weighted by Crippen LogP contribution is -2.59. The maximum absolute atomic E-state index is 13.1. The predicted octanol–water partition coefficient (Wildman–Crippen LogP) is 1.74. The van der Waals surface area contributed by atoms with Crippen LogP contribution in [0.15, 0.2) is 0 Å². The number of fused-ring (bicyclic) bond motifs is 1. The molecule has 1 saturated carbocycles. The Morgan fingerprint density at radius 2 is 2.03 bits per heavy atom. The van der Waals surface area contributed by atoms with Crippen LogP contribution in [0.2, 0.25) is 0 Å². The number of rotatable bonds is 4. The van der Waals surface area contributed by atoms with Crippen LogP contribution < -0.4 is 0 Å². The summed E-state index contributed by atoms with van der Waals surface area (Å²) in [5.74, 6) is -0.0217. The van der Waals surface area contributed by atoms with Crippen molar-refractivity contribution in [1.29, 1.82) is 0 Å². The minimum atomic E-state index is -0.607. The average Bonchev–Trinajstić information content (AvgIpc) is 3.19. The first kappa shape index (κ1) is 20.7. The number of carbonyl (C=O) groups is 2. The van der Waals surface area contributed by atoms with Gasteiger partial charge in [0.2, 0.25) is 0 Å². The molecule has 0 radical (unpaired) electrons. The third-order valence-corrected chi connectivity index (χ3v) is 7.49. The fraction of sp³-hybridized carbons (Fsp3) is 0.800. The van der Waals surface area contributed by atoms with Crippen LogP contribution in [0, 0.1) is 18.3 Å². The lowest BCUT2D eigenvalue weighted by atomic mass is 9.61. The molecule has 1 aromatic heterocycles. The molecule has 3 atom stereocenters. The smallest absolute Gasteiger partial charge is 0.314 e. The summed E-state index contributed by atoms with van der Waals surface area (Å²) in [5, 5.41) is 0. The Bertz CT molecular complexity index is 751. The molecule has 1 aliphatic carbocycles. The normalized spacial score (nSPS) is 30.6. The largest absolute Gasteiger partial charge is 0.466 e. The molecule has 8 nitrogen and oxygen atoms in total. The van der Waals surface area contributed by atoms with E-state index in [2.05, 4.69) is 13.6 Å². The molecule has 1 amide bonds. The molecule has 29 heavy (non-hydrogen) atoms. The van der Waals surface area contributed by atoms with Gasteiger partial charge in [0.15, 0.2) is 5.69 Å². The van der Waals surface area contributed by atoms with Crippen molar-refractivity contribution in [2.45, 2.75) is 45.6 Å². The minimum absolute atomic E-state index is 0.117. The zero-order valence-electron chi connectivity index (χ0n) is 17.3. The van der Waals surface area contributed by atoms with E-state index in [0.29, 0.717) is 37.1 Å². The van der Waals surface area contributed by atoms with E-state index in [1.54, 1.807) is 11.8 Å². The lowest BCUT2D eigenvalue weighted by molar-refractivity contribution is -0.168. The maximum Gasteiger partial charge on any atom is 0.314 e. The van der Waals surface area contributed by atoms with Crippen LogP contribution in [0.3, 0.4) is 0 Å². The Morgan fingerprint density at radius 3 is 2.72 bits per heavy atom. The van der Waals surface area contributed by atoms with Crippen LogP contribution in [0.5, 0.6) is 0 Å². The van der Waals surface area contributed by atoms with Crippen LogP contribution in [-0.2, 0) is 14.3 Å². The van der Waals surface area contributed by atoms with Crippen molar-refractivity contribution >= 4 is 23.6 Å². The number of esters is 1. The molecule has 3 aliphatic rings. The molecule has 0 spiro atoms. The van der Waals surface area contributed by atoms with E-state index in [0.717, 1.165) is 63.7 Å². The average molecular weight is 423 g/mol. The number of hydrogen-bond donors (Lipinski definition) is 0. The maximum atomic E-state index is 13.1. The minimum Gasteiger partial charge on any atom is -0.466 e. The van der Waals surface area contributed by atoms with Crippen molar-refractivity contribution in [3.05, 3.63) is 11.4 Å². The molecular weight excluding hydrogens is 392 g/mol. The molecule has 160 valence electrons. The van der Waals surface area contributed by atoms with Gasteiger partial charge < -0.3 is 14.4 Å². The number of aromatic nitrogens is 2. The summed E-state index contributed by atoms with van der Waals surface area (Å²) >= 11 is 1.06. The predicted molar refractivity (Wildman–Crippen MR) is 108 cm³/mol. The SMILES string of the molecule is CCOC(=O)[C@@]12CC[C@H](N3CCOCC3)C[C@H]1CCN(C(=O)c1nsnc1C)C2.